The topological polar surface area (TPSA) is 87.7 Å². The normalized spacial score (nSPS) is 15.9. The van der Waals surface area contributed by atoms with E-state index < -0.39 is 5.92 Å². The summed E-state index contributed by atoms with van der Waals surface area (Å²) in [5.41, 5.74) is 1.57. The maximum absolute atomic E-state index is 12.8. The predicted octanol–water partition coefficient (Wildman–Crippen LogP) is 2.83. The van der Waals surface area contributed by atoms with Gasteiger partial charge in [-0.3, -0.25) is 14.4 Å². The lowest BCUT2D eigenvalue weighted by Crippen LogP contribution is -2.29. The quantitative estimate of drug-likeness (QED) is 0.755. The molecule has 2 aromatic rings. The molecule has 1 fully saturated rings. The summed E-state index contributed by atoms with van der Waals surface area (Å²) < 4.78 is 5.42. The van der Waals surface area contributed by atoms with Crippen LogP contribution in [0.2, 0.25) is 0 Å². The molecule has 0 spiro atoms. The second-order valence-corrected chi connectivity index (χ2v) is 6.73. The van der Waals surface area contributed by atoms with E-state index >= 15 is 0 Å². The molecule has 2 aromatic carbocycles. The highest BCUT2D eigenvalue weighted by molar-refractivity contribution is 6.07. The minimum Gasteiger partial charge on any atom is -0.494 e. The fourth-order valence-corrected chi connectivity index (χ4v) is 3.30. The van der Waals surface area contributed by atoms with Crippen LogP contribution in [-0.2, 0) is 9.59 Å². The standard InChI is InChI=1S/C22H25N3O4/c1-3-23-22(28)18-7-5-6-8-19(18)24-21(27)15-13-20(26)25(14-15)16-9-11-17(12-10-16)29-4-2/h5-12,15H,3-4,13-14H2,1-2H3,(H,23,28)(H,24,27)/t15-/m1/s1. The second-order valence-electron chi connectivity index (χ2n) is 6.73. The number of hydrogen-bond donors (Lipinski definition) is 2. The Labute approximate surface area is 170 Å². The number of carbonyl (C=O) groups excluding carboxylic acids is 3. The maximum atomic E-state index is 12.8. The van der Waals surface area contributed by atoms with Crippen molar-refractivity contribution in [2.75, 3.05) is 29.9 Å². The van der Waals surface area contributed by atoms with E-state index in [9.17, 15) is 14.4 Å². The lowest BCUT2D eigenvalue weighted by atomic mass is 10.1. The van der Waals surface area contributed by atoms with Crippen LogP contribution in [0.1, 0.15) is 30.6 Å². The first-order valence-electron chi connectivity index (χ1n) is 9.74. The lowest BCUT2D eigenvalue weighted by Gasteiger charge is -2.17. The Bertz CT molecular complexity index is 895. The van der Waals surface area contributed by atoms with Crippen LogP contribution in [0.3, 0.4) is 0 Å². The smallest absolute Gasteiger partial charge is 0.253 e. The number of benzene rings is 2. The summed E-state index contributed by atoms with van der Waals surface area (Å²) in [6, 6.07) is 14.1. The van der Waals surface area contributed by atoms with Crippen molar-refractivity contribution >= 4 is 29.1 Å². The third-order valence-corrected chi connectivity index (χ3v) is 4.72. The van der Waals surface area contributed by atoms with E-state index in [1.54, 1.807) is 29.2 Å². The van der Waals surface area contributed by atoms with Crippen molar-refractivity contribution in [3.8, 4) is 5.75 Å². The van der Waals surface area contributed by atoms with Crippen molar-refractivity contribution in [2.24, 2.45) is 5.92 Å². The van der Waals surface area contributed by atoms with E-state index in [0.717, 1.165) is 11.4 Å². The van der Waals surface area contributed by atoms with Crippen LogP contribution >= 0.6 is 0 Å². The summed E-state index contributed by atoms with van der Waals surface area (Å²) in [6.45, 7) is 5.10. The molecule has 7 heteroatoms. The molecule has 2 N–H and O–H groups in total. The van der Waals surface area contributed by atoms with Crippen LogP contribution in [0.15, 0.2) is 48.5 Å². The number of amides is 3. The van der Waals surface area contributed by atoms with Gasteiger partial charge in [-0.15, -0.1) is 0 Å². The van der Waals surface area contributed by atoms with Crippen LogP contribution in [0.25, 0.3) is 0 Å². The van der Waals surface area contributed by atoms with Crippen molar-refractivity contribution in [1.29, 1.82) is 0 Å². The molecule has 29 heavy (non-hydrogen) atoms. The molecular weight excluding hydrogens is 370 g/mol. The SMILES string of the molecule is CCNC(=O)c1ccccc1NC(=O)[C@@H]1CC(=O)N(c2ccc(OCC)cc2)C1. The number of nitrogens with one attached hydrogen (secondary N) is 2. The highest BCUT2D eigenvalue weighted by atomic mass is 16.5. The summed E-state index contributed by atoms with van der Waals surface area (Å²) in [5.74, 6) is -0.382. The van der Waals surface area contributed by atoms with Crippen LogP contribution < -0.4 is 20.3 Å². The molecule has 0 unspecified atom stereocenters. The Balaban J connectivity index is 1.69. The highest BCUT2D eigenvalue weighted by Crippen LogP contribution is 2.28. The molecule has 0 saturated carbocycles. The number of carbonyl (C=O) groups is 3. The predicted molar refractivity (Wildman–Crippen MR) is 111 cm³/mol. The molecule has 0 aliphatic carbocycles. The van der Waals surface area contributed by atoms with Crippen molar-refractivity contribution in [2.45, 2.75) is 20.3 Å². The molecule has 7 nitrogen and oxygen atoms in total. The first-order valence-corrected chi connectivity index (χ1v) is 9.74. The zero-order valence-electron chi connectivity index (χ0n) is 16.6. The Kier molecular flexibility index (Phi) is 6.49. The molecule has 3 amide bonds. The zero-order chi connectivity index (χ0) is 20.8. The van der Waals surface area contributed by atoms with Gasteiger partial charge in [-0.05, 0) is 50.2 Å². The molecule has 1 saturated heterocycles. The van der Waals surface area contributed by atoms with Gasteiger partial charge >= 0.3 is 0 Å². The number of nitrogens with zero attached hydrogens (tertiary/aromatic N) is 1. The molecule has 0 radical (unpaired) electrons. The molecule has 0 aromatic heterocycles. The zero-order valence-corrected chi connectivity index (χ0v) is 16.6. The van der Waals surface area contributed by atoms with E-state index in [2.05, 4.69) is 10.6 Å². The van der Waals surface area contributed by atoms with Gasteiger partial charge in [0.2, 0.25) is 11.8 Å². The molecule has 1 aliphatic heterocycles. The summed E-state index contributed by atoms with van der Waals surface area (Å²) in [4.78, 5) is 39.0. The van der Waals surface area contributed by atoms with E-state index in [1.807, 2.05) is 38.1 Å². The third-order valence-electron chi connectivity index (χ3n) is 4.72. The molecule has 1 atom stereocenters. The summed E-state index contributed by atoms with van der Waals surface area (Å²) >= 11 is 0. The van der Waals surface area contributed by atoms with Gasteiger partial charge in [-0.1, -0.05) is 12.1 Å². The first-order chi connectivity index (χ1) is 14.0. The summed E-state index contributed by atoms with van der Waals surface area (Å²) in [6.07, 6.45) is 0.127. The van der Waals surface area contributed by atoms with Gasteiger partial charge in [0.25, 0.3) is 5.91 Å². The van der Waals surface area contributed by atoms with E-state index in [0.29, 0.717) is 30.9 Å². The van der Waals surface area contributed by atoms with Crippen molar-refractivity contribution in [3.63, 3.8) is 0 Å². The molecular formula is C22H25N3O4. The van der Waals surface area contributed by atoms with Gasteiger partial charge in [0.05, 0.1) is 23.8 Å². The fourth-order valence-electron chi connectivity index (χ4n) is 3.30. The monoisotopic (exact) mass is 395 g/mol. The molecule has 1 aliphatic rings. The van der Waals surface area contributed by atoms with E-state index in [4.69, 9.17) is 4.74 Å². The van der Waals surface area contributed by atoms with Gasteiger partial charge in [0.15, 0.2) is 0 Å². The number of anilines is 2. The molecule has 152 valence electrons. The van der Waals surface area contributed by atoms with Gasteiger partial charge in [-0.25, -0.2) is 0 Å². The van der Waals surface area contributed by atoms with Gasteiger partial charge in [0, 0.05) is 25.2 Å². The average molecular weight is 395 g/mol. The lowest BCUT2D eigenvalue weighted by molar-refractivity contribution is -0.122. The van der Waals surface area contributed by atoms with Gasteiger partial charge in [-0.2, -0.15) is 0 Å². The number of ether oxygens (including phenoxy) is 1. The molecule has 0 bridgehead atoms. The number of para-hydroxylation sites is 1. The molecule has 3 rings (SSSR count). The van der Waals surface area contributed by atoms with Crippen LogP contribution in [0.4, 0.5) is 11.4 Å². The minimum absolute atomic E-state index is 0.105. The van der Waals surface area contributed by atoms with Gasteiger partial charge in [0.1, 0.15) is 5.75 Å². The van der Waals surface area contributed by atoms with Crippen LogP contribution in [0.5, 0.6) is 5.75 Å². The maximum Gasteiger partial charge on any atom is 0.253 e. The second kappa shape index (κ2) is 9.23. The van der Waals surface area contributed by atoms with E-state index in [1.165, 1.54) is 0 Å². The largest absolute Gasteiger partial charge is 0.494 e. The number of rotatable bonds is 7. The summed E-state index contributed by atoms with van der Waals surface area (Å²) in [5, 5.41) is 5.54. The third kappa shape index (κ3) is 4.74. The first kappa shape index (κ1) is 20.4. The highest BCUT2D eigenvalue weighted by Gasteiger charge is 2.35. The van der Waals surface area contributed by atoms with E-state index in [-0.39, 0.29) is 24.1 Å². The Morgan fingerprint density at radius 3 is 2.52 bits per heavy atom. The van der Waals surface area contributed by atoms with Gasteiger partial charge < -0.3 is 20.3 Å². The minimum atomic E-state index is -0.489. The van der Waals surface area contributed by atoms with Crippen molar-refractivity contribution < 1.29 is 19.1 Å². The van der Waals surface area contributed by atoms with Crippen LogP contribution in [0, 0.1) is 5.92 Å². The fraction of sp³-hybridized carbons (Fsp3) is 0.318. The average Bonchev–Trinajstić information content (AvgIpc) is 3.11. The summed E-state index contributed by atoms with van der Waals surface area (Å²) in [7, 11) is 0. The Hall–Kier alpha value is -3.35. The Morgan fingerprint density at radius 1 is 1.10 bits per heavy atom. The van der Waals surface area contributed by atoms with Crippen LogP contribution in [-0.4, -0.2) is 37.4 Å². The molecule has 1 heterocycles. The Morgan fingerprint density at radius 2 is 1.83 bits per heavy atom. The van der Waals surface area contributed by atoms with Crippen molar-refractivity contribution in [1.82, 2.24) is 5.32 Å². The van der Waals surface area contributed by atoms with Crippen molar-refractivity contribution in [3.05, 3.63) is 54.1 Å². The number of hydrogen-bond acceptors (Lipinski definition) is 4.